The number of ether oxygens (including phenoxy) is 2. The molecule has 0 radical (unpaired) electrons. The van der Waals surface area contributed by atoms with E-state index in [0.717, 1.165) is 36.9 Å². The Balaban J connectivity index is 1.73. The smallest absolute Gasteiger partial charge is 0.258 e. The summed E-state index contributed by atoms with van der Waals surface area (Å²) in [5.74, 6) is 0.393. The van der Waals surface area contributed by atoms with Crippen molar-refractivity contribution in [3.8, 4) is 11.5 Å². The standard InChI is InChI=1S/C22H25N3O4/c1-28-18-11-10-14(12-19(18)29-13-20(23)26)21-24-17-9-5-4-8-16(17)22(27)25(21)15-6-2-3-7-15/h4-5,8-12,15,21,24H,2-3,6-7,13H2,1H3,(H2,23,26). The number of hydrogen-bond donors (Lipinski definition) is 2. The summed E-state index contributed by atoms with van der Waals surface area (Å²) in [6.07, 6.45) is 3.90. The first kappa shape index (κ1) is 19.1. The molecule has 0 aromatic heterocycles. The van der Waals surface area contributed by atoms with Crippen LogP contribution < -0.4 is 20.5 Å². The fraction of sp³-hybridized carbons (Fsp3) is 0.364. The number of para-hydroxylation sites is 1. The quantitative estimate of drug-likeness (QED) is 0.784. The van der Waals surface area contributed by atoms with E-state index in [9.17, 15) is 9.59 Å². The molecular weight excluding hydrogens is 370 g/mol. The van der Waals surface area contributed by atoms with Crippen LogP contribution in [0.4, 0.5) is 5.69 Å². The van der Waals surface area contributed by atoms with E-state index in [1.54, 1.807) is 6.07 Å². The Kier molecular flexibility index (Phi) is 5.29. The third-order valence-electron chi connectivity index (χ3n) is 5.55. The number of hydrogen-bond acceptors (Lipinski definition) is 5. The molecule has 0 spiro atoms. The maximum Gasteiger partial charge on any atom is 0.258 e. The summed E-state index contributed by atoms with van der Waals surface area (Å²) in [4.78, 5) is 26.5. The molecule has 152 valence electrons. The number of carbonyl (C=O) groups excluding carboxylic acids is 2. The van der Waals surface area contributed by atoms with Crippen LogP contribution in [0.25, 0.3) is 0 Å². The second-order valence-corrected chi connectivity index (χ2v) is 7.41. The highest BCUT2D eigenvalue weighted by atomic mass is 16.5. The van der Waals surface area contributed by atoms with Crippen molar-refractivity contribution in [3.05, 3.63) is 53.6 Å². The zero-order chi connectivity index (χ0) is 20.4. The first-order chi connectivity index (χ1) is 14.1. The summed E-state index contributed by atoms with van der Waals surface area (Å²) in [6, 6.07) is 13.3. The van der Waals surface area contributed by atoms with E-state index in [0.29, 0.717) is 17.1 Å². The van der Waals surface area contributed by atoms with Gasteiger partial charge in [0.05, 0.1) is 12.7 Å². The Labute approximate surface area is 169 Å². The van der Waals surface area contributed by atoms with Gasteiger partial charge in [-0.05, 0) is 42.7 Å². The molecule has 1 fully saturated rings. The zero-order valence-corrected chi connectivity index (χ0v) is 16.4. The largest absolute Gasteiger partial charge is 0.493 e. The highest BCUT2D eigenvalue weighted by molar-refractivity contribution is 6.02. The second-order valence-electron chi connectivity index (χ2n) is 7.41. The van der Waals surface area contributed by atoms with E-state index in [1.807, 2.05) is 41.3 Å². The third kappa shape index (κ3) is 3.72. The van der Waals surface area contributed by atoms with Crippen molar-refractivity contribution in [1.29, 1.82) is 0 Å². The Hall–Kier alpha value is -3.22. The summed E-state index contributed by atoms with van der Waals surface area (Å²) in [7, 11) is 1.54. The number of nitrogens with two attached hydrogens (primary N) is 1. The molecule has 0 bridgehead atoms. The van der Waals surface area contributed by atoms with E-state index in [1.165, 1.54) is 7.11 Å². The molecule has 2 amide bonds. The van der Waals surface area contributed by atoms with E-state index in [2.05, 4.69) is 5.32 Å². The molecule has 0 saturated heterocycles. The number of carbonyl (C=O) groups is 2. The molecular formula is C22H25N3O4. The van der Waals surface area contributed by atoms with Crippen LogP contribution in [0.5, 0.6) is 11.5 Å². The SMILES string of the molecule is COc1ccc(C2Nc3ccccc3C(=O)N2C2CCCC2)cc1OCC(N)=O. The third-order valence-corrected chi connectivity index (χ3v) is 5.55. The van der Waals surface area contributed by atoms with Crippen molar-refractivity contribution < 1.29 is 19.1 Å². The average molecular weight is 395 g/mol. The van der Waals surface area contributed by atoms with Crippen LogP contribution in [0.2, 0.25) is 0 Å². The molecule has 7 nitrogen and oxygen atoms in total. The first-order valence-corrected chi connectivity index (χ1v) is 9.85. The molecule has 1 saturated carbocycles. The molecule has 3 N–H and O–H groups in total. The first-order valence-electron chi connectivity index (χ1n) is 9.85. The molecule has 2 aliphatic rings. The molecule has 1 aliphatic carbocycles. The van der Waals surface area contributed by atoms with Gasteiger partial charge in [-0.25, -0.2) is 0 Å². The Morgan fingerprint density at radius 3 is 2.66 bits per heavy atom. The van der Waals surface area contributed by atoms with Crippen LogP contribution in [0, 0.1) is 0 Å². The molecule has 29 heavy (non-hydrogen) atoms. The van der Waals surface area contributed by atoms with E-state index in [-0.39, 0.29) is 24.7 Å². The molecule has 1 unspecified atom stereocenters. The van der Waals surface area contributed by atoms with Gasteiger partial charge in [-0.3, -0.25) is 9.59 Å². The number of rotatable bonds is 6. The minimum atomic E-state index is -0.565. The van der Waals surface area contributed by atoms with Crippen LogP contribution in [-0.4, -0.2) is 36.5 Å². The van der Waals surface area contributed by atoms with E-state index in [4.69, 9.17) is 15.2 Å². The fourth-order valence-corrected chi connectivity index (χ4v) is 4.20. The van der Waals surface area contributed by atoms with Gasteiger partial charge in [-0.15, -0.1) is 0 Å². The maximum absolute atomic E-state index is 13.4. The number of nitrogens with one attached hydrogen (secondary N) is 1. The fourth-order valence-electron chi connectivity index (χ4n) is 4.20. The average Bonchev–Trinajstić information content (AvgIpc) is 3.26. The Bertz CT molecular complexity index is 924. The number of nitrogens with zero attached hydrogens (tertiary/aromatic N) is 1. The number of methoxy groups -OCH3 is 1. The monoisotopic (exact) mass is 395 g/mol. The van der Waals surface area contributed by atoms with Gasteiger partial charge >= 0.3 is 0 Å². The highest BCUT2D eigenvalue weighted by Gasteiger charge is 2.38. The van der Waals surface area contributed by atoms with Crippen LogP contribution in [0.3, 0.4) is 0 Å². The molecule has 4 rings (SSSR count). The van der Waals surface area contributed by atoms with E-state index < -0.39 is 5.91 Å². The van der Waals surface area contributed by atoms with Gasteiger partial charge in [-0.2, -0.15) is 0 Å². The predicted molar refractivity (Wildman–Crippen MR) is 109 cm³/mol. The van der Waals surface area contributed by atoms with Crippen LogP contribution in [0.15, 0.2) is 42.5 Å². The van der Waals surface area contributed by atoms with Gasteiger partial charge in [0.1, 0.15) is 6.17 Å². The van der Waals surface area contributed by atoms with Crippen molar-refractivity contribution in [2.75, 3.05) is 19.0 Å². The number of primary amides is 1. The van der Waals surface area contributed by atoms with E-state index >= 15 is 0 Å². The summed E-state index contributed by atoms with van der Waals surface area (Å²) in [6.45, 7) is -0.244. The minimum absolute atomic E-state index is 0.0340. The second kappa shape index (κ2) is 8.03. The minimum Gasteiger partial charge on any atom is -0.493 e. The maximum atomic E-state index is 13.4. The zero-order valence-electron chi connectivity index (χ0n) is 16.4. The Morgan fingerprint density at radius 2 is 1.93 bits per heavy atom. The lowest BCUT2D eigenvalue weighted by Gasteiger charge is -2.41. The van der Waals surface area contributed by atoms with Crippen LogP contribution in [0.1, 0.15) is 47.8 Å². The lowest BCUT2D eigenvalue weighted by Crippen LogP contribution is -2.47. The summed E-state index contributed by atoms with van der Waals surface area (Å²) in [5, 5.41) is 3.52. The molecule has 1 heterocycles. The van der Waals surface area contributed by atoms with Crippen molar-refractivity contribution in [1.82, 2.24) is 4.90 Å². The summed E-state index contributed by atoms with van der Waals surface area (Å²) >= 11 is 0. The number of fused-ring (bicyclic) bond motifs is 1. The Morgan fingerprint density at radius 1 is 1.17 bits per heavy atom. The molecule has 7 heteroatoms. The molecule has 1 atom stereocenters. The highest BCUT2D eigenvalue weighted by Crippen LogP contribution is 2.40. The molecule has 1 aliphatic heterocycles. The molecule has 2 aromatic carbocycles. The lowest BCUT2D eigenvalue weighted by molar-refractivity contribution is -0.119. The van der Waals surface area contributed by atoms with Gasteiger partial charge in [0.2, 0.25) is 0 Å². The number of amides is 2. The number of benzene rings is 2. The van der Waals surface area contributed by atoms with Crippen molar-refractivity contribution >= 4 is 17.5 Å². The van der Waals surface area contributed by atoms with Crippen molar-refractivity contribution in [2.24, 2.45) is 5.73 Å². The topological polar surface area (TPSA) is 93.9 Å². The van der Waals surface area contributed by atoms with Crippen molar-refractivity contribution in [2.45, 2.75) is 37.9 Å². The summed E-state index contributed by atoms with van der Waals surface area (Å²) in [5.41, 5.74) is 7.58. The number of anilines is 1. The molecule has 2 aromatic rings. The van der Waals surface area contributed by atoms with Gasteiger partial charge in [0.15, 0.2) is 18.1 Å². The van der Waals surface area contributed by atoms with Crippen LogP contribution in [-0.2, 0) is 4.79 Å². The normalized spacial score (nSPS) is 18.9. The van der Waals surface area contributed by atoms with Gasteiger partial charge in [-0.1, -0.05) is 31.0 Å². The van der Waals surface area contributed by atoms with Crippen molar-refractivity contribution in [3.63, 3.8) is 0 Å². The van der Waals surface area contributed by atoms with Gasteiger partial charge in [0, 0.05) is 11.7 Å². The predicted octanol–water partition coefficient (Wildman–Crippen LogP) is 3.07. The van der Waals surface area contributed by atoms with Gasteiger partial charge in [0.25, 0.3) is 11.8 Å². The summed E-state index contributed by atoms with van der Waals surface area (Å²) < 4.78 is 10.9. The van der Waals surface area contributed by atoms with Crippen LogP contribution >= 0.6 is 0 Å². The lowest BCUT2D eigenvalue weighted by atomic mass is 10.00. The van der Waals surface area contributed by atoms with Gasteiger partial charge < -0.3 is 25.4 Å².